The van der Waals surface area contributed by atoms with Crippen LogP contribution in [0.2, 0.25) is 0 Å². The average molecular weight is 296 g/mol. The molecule has 0 radical (unpaired) electrons. The lowest BCUT2D eigenvalue weighted by Gasteiger charge is -2.41. The summed E-state index contributed by atoms with van der Waals surface area (Å²) in [5.41, 5.74) is 0.891. The molecule has 2 aliphatic heterocycles. The third kappa shape index (κ3) is 3.42. The summed E-state index contributed by atoms with van der Waals surface area (Å²) in [5.74, 6) is -1.08. The lowest BCUT2D eigenvalue weighted by molar-refractivity contribution is 0.0212. The van der Waals surface area contributed by atoms with E-state index in [2.05, 4.69) is 10.2 Å². The van der Waals surface area contributed by atoms with Crippen molar-refractivity contribution in [1.82, 2.24) is 10.2 Å². The van der Waals surface area contributed by atoms with E-state index in [0.717, 1.165) is 57.8 Å². The van der Waals surface area contributed by atoms with Crippen molar-refractivity contribution in [3.8, 4) is 0 Å². The number of benzene rings is 1. The van der Waals surface area contributed by atoms with Gasteiger partial charge in [0.15, 0.2) is 11.6 Å². The standard InChI is InChI=1S/C16H22F2N2O/c17-14-2-1-13(11-15(14)18)16(12-3-9-21-10-4-12)20-7-5-19-6-8-20/h1-2,11-12,16,19H,3-10H2/t16-/m0/s1. The fourth-order valence-electron chi connectivity index (χ4n) is 3.47. The van der Waals surface area contributed by atoms with Crippen molar-refractivity contribution in [2.75, 3.05) is 39.4 Å². The second-order valence-electron chi connectivity index (χ2n) is 5.85. The minimum absolute atomic E-state index is 0.158. The van der Waals surface area contributed by atoms with Gasteiger partial charge in [-0.3, -0.25) is 4.90 Å². The Morgan fingerprint density at radius 3 is 2.48 bits per heavy atom. The highest BCUT2D eigenvalue weighted by molar-refractivity contribution is 5.22. The highest BCUT2D eigenvalue weighted by Crippen LogP contribution is 2.35. The van der Waals surface area contributed by atoms with Gasteiger partial charge < -0.3 is 10.1 Å². The number of hydrogen-bond donors (Lipinski definition) is 1. The van der Waals surface area contributed by atoms with E-state index in [1.54, 1.807) is 6.07 Å². The molecule has 0 unspecified atom stereocenters. The van der Waals surface area contributed by atoms with E-state index in [-0.39, 0.29) is 6.04 Å². The van der Waals surface area contributed by atoms with E-state index in [4.69, 9.17) is 4.74 Å². The van der Waals surface area contributed by atoms with Crippen LogP contribution in [0.15, 0.2) is 18.2 Å². The Morgan fingerprint density at radius 1 is 1.10 bits per heavy atom. The second-order valence-corrected chi connectivity index (χ2v) is 5.85. The van der Waals surface area contributed by atoms with Crippen LogP contribution in [0.4, 0.5) is 8.78 Å². The van der Waals surface area contributed by atoms with Gasteiger partial charge in [-0.05, 0) is 36.5 Å². The number of halogens is 2. The van der Waals surface area contributed by atoms with Crippen LogP contribution >= 0.6 is 0 Å². The molecule has 21 heavy (non-hydrogen) atoms. The number of piperazine rings is 1. The zero-order chi connectivity index (χ0) is 14.7. The van der Waals surface area contributed by atoms with Gasteiger partial charge in [-0.25, -0.2) is 8.78 Å². The molecule has 0 aliphatic carbocycles. The zero-order valence-electron chi connectivity index (χ0n) is 12.2. The number of ether oxygens (including phenoxy) is 1. The van der Waals surface area contributed by atoms with Gasteiger partial charge in [-0.2, -0.15) is 0 Å². The molecule has 0 amide bonds. The molecule has 0 bridgehead atoms. The first kappa shape index (κ1) is 14.9. The van der Waals surface area contributed by atoms with Crippen LogP contribution in [0.25, 0.3) is 0 Å². The Hall–Kier alpha value is -1.04. The molecule has 0 spiro atoms. The van der Waals surface area contributed by atoms with Crippen LogP contribution in [0, 0.1) is 17.6 Å². The molecule has 1 aromatic carbocycles. The summed E-state index contributed by atoms with van der Waals surface area (Å²) in [7, 11) is 0. The third-order valence-corrected chi connectivity index (χ3v) is 4.54. The molecule has 1 atom stereocenters. The molecule has 2 saturated heterocycles. The van der Waals surface area contributed by atoms with Crippen molar-refractivity contribution in [2.45, 2.75) is 18.9 Å². The maximum atomic E-state index is 13.6. The van der Waals surface area contributed by atoms with E-state index in [1.807, 2.05) is 0 Å². The monoisotopic (exact) mass is 296 g/mol. The topological polar surface area (TPSA) is 24.5 Å². The molecule has 3 rings (SSSR count). The quantitative estimate of drug-likeness (QED) is 0.926. The van der Waals surface area contributed by atoms with Crippen LogP contribution in [0.5, 0.6) is 0 Å². The summed E-state index contributed by atoms with van der Waals surface area (Å²) in [6.07, 6.45) is 1.96. The summed E-state index contributed by atoms with van der Waals surface area (Å²) in [4.78, 5) is 2.40. The van der Waals surface area contributed by atoms with E-state index in [0.29, 0.717) is 5.92 Å². The number of hydrogen-bond acceptors (Lipinski definition) is 3. The summed E-state index contributed by atoms with van der Waals surface area (Å²) >= 11 is 0. The van der Waals surface area contributed by atoms with Gasteiger partial charge in [0, 0.05) is 45.4 Å². The Labute approximate surface area is 124 Å². The molecule has 1 N–H and O–H groups in total. The predicted octanol–water partition coefficient (Wildman–Crippen LogP) is 2.34. The second kappa shape index (κ2) is 6.81. The summed E-state index contributed by atoms with van der Waals surface area (Å²) in [6, 6.07) is 4.52. The van der Waals surface area contributed by atoms with E-state index < -0.39 is 11.6 Å². The van der Waals surface area contributed by atoms with Gasteiger partial charge in [-0.1, -0.05) is 6.07 Å². The minimum Gasteiger partial charge on any atom is -0.381 e. The minimum atomic E-state index is -0.773. The third-order valence-electron chi connectivity index (χ3n) is 4.54. The van der Waals surface area contributed by atoms with Crippen LogP contribution in [0.1, 0.15) is 24.4 Å². The Morgan fingerprint density at radius 2 is 1.81 bits per heavy atom. The van der Waals surface area contributed by atoms with E-state index in [9.17, 15) is 8.78 Å². The maximum Gasteiger partial charge on any atom is 0.159 e. The smallest absolute Gasteiger partial charge is 0.159 e. The van der Waals surface area contributed by atoms with Crippen molar-refractivity contribution in [2.24, 2.45) is 5.92 Å². The highest BCUT2D eigenvalue weighted by Gasteiger charge is 2.31. The number of nitrogens with zero attached hydrogens (tertiary/aromatic N) is 1. The van der Waals surface area contributed by atoms with Crippen LogP contribution in [-0.4, -0.2) is 44.3 Å². The van der Waals surface area contributed by atoms with Gasteiger partial charge in [0.1, 0.15) is 0 Å². The molecule has 2 aliphatic rings. The molecule has 1 aromatic rings. The summed E-state index contributed by atoms with van der Waals surface area (Å²) < 4.78 is 32.3. The Balaban J connectivity index is 1.87. The lowest BCUT2D eigenvalue weighted by atomic mass is 9.85. The normalized spacial score (nSPS) is 23.1. The molecule has 0 saturated carbocycles. The van der Waals surface area contributed by atoms with Crippen molar-refractivity contribution >= 4 is 0 Å². The SMILES string of the molecule is Fc1ccc([C@H](C2CCOCC2)N2CCNCC2)cc1F. The lowest BCUT2D eigenvalue weighted by Crippen LogP contribution is -2.47. The van der Waals surface area contributed by atoms with Gasteiger partial charge in [0.05, 0.1) is 0 Å². The Kier molecular flexibility index (Phi) is 4.83. The predicted molar refractivity (Wildman–Crippen MR) is 77.1 cm³/mol. The zero-order valence-corrected chi connectivity index (χ0v) is 12.2. The molecule has 2 fully saturated rings. The molecular weight excluding hydrogens is 274 g/mol. The first-order valence-corrected chi connectivity index (χ1v) is 7.73. The van der Waals surface area contributed by atoms with Crippen molar-refractivity contribution < 1.29 is 13.5 Å². The molecular formula is C16H22F2N2O. The first-order valence-electron chi connectivity index (χ1n) is 7.73. The summed E-state index contributed by atoms with van der Waals surface area (Å²) in [6.45, 7) is 5.31. The number of nitrogens with one attached hydrogen (secondary N) is 1. The highest BCUT2D eigenvalue weighted by atomic mass is 19.2. The first-order chi connectivity index (χ1) is 10.3. The Bertz CT molecular complexity index is 453. The molecule has 5 heteroatoms. The van der Waals surface area contributed by atoms with Crippen LogP contribution < -0.4 is 5.32 Å². The van der Waals surface area contributed by atoms with Crippen molar-refractivity contribution in [1.29, 1.82) is 0 Å². The molecule has 2 heterocycles. The molecule has 3 nitrogen and oxygen atoms in total. The fourth-order valence-corrected chi connectivity index (χ4v) is 3.47. The van der Waals surface area contributed by atoms with Gasteiger partial charge in [-0.15, -0.1) is 0 Å². The largest absolute Gasteiger partial charge is 0.381 e. The number of rotatable bonds is 3. The van der Waals surface area contributed by atoms with Crippen molar-refractivity contribution in [3.05, 3.63) is 35.4 Å². The van der Waals surface area contributed by atoms with Gasteiger partial charge in [0.25, 0.3) is 0 Å². The van der Waals surface area contributed by atoms with Gasteiger partial charge >= 0.3 is 0 Å². The van der Waals surface area contributed by atoms with Crippen LogP contribution in [-0.2, 0) is 4.74 Å². The van der Waals surface area contributed by atoms with Gasteiger partial charge in [0.2, 0.25) is 0 Å². The fraction of sp³-hybridized carbons (Fsp3) is 0.625. The maximum absolute atomic E-state index is 13.6. The molecule has 0 aromatic heterocycles. The van der Waals surface area contributed by atoms with E-state index >= 15 is 0 Å². The summed E-state index contributed by atoms with van der Waals surface area (Å²) in [5, 5.41) is 3.34. The van der Waals surface area contributed by atoms with Crippen LogP contribution in [0.3, 0.4) is 0 Å². The van der Waals surface area contributed by atoms with E-state index in [1.165, 1.54) is 12.1 Å². The molecule has 116 valence electrons. The van der Waals surface area contributed by atoms with Crippen molar-refractivity contribution in [3.63, 3.8) is 0 Å². The average Bonchev–Trinajstić information content (AvgIpc) is 2.53.